The van der Waals surface area contributed by atoms with Crippen molar-refractivity contribution in [2.45, 2.75) is 13.8 Å². The number of hydrogen-bond acceptors (Lipinski definition) is 3. The molecule has 2 amide bonds. The van der Waals surface area contributed by atoms with E-state index in [-0.39, 0.29) is 11.8 Å². The maximum atomic E-state index is 10.6. The number of hydroxylamine groups is 4. The summed E-state index contributed by atoms with van der Waals surface area (Å²) in [5.41, 5.74) is 0. The van der Waals surface area contributed by atoms with Gasteiger partial charge in [0.2, 0.25) is 11.8 Å². The minimum absolute atomic E-state index is 0.266. The Kier molecular flexibility index (Phi) is 3.53. The highest BCUT2D eigenvalue weighted by atomic mass is 16.8. The minimum atomic E-state index is -0.266. The number of carbonyl (C=O) groups excluding carboxylic acids is 2. The highest BCUT2D eigenvalue weighted by molar-refractivity contribution is 5.73. The quantitative estimate of drug-likeness (QED) is 0.525. The molecule has 5 heteroatoms. The minimum Gasteiger partial charge on any atom is -0.273 e. The summed E-state index contributed by atoms with van der Waals surface area (Å²) in [6.45, 7) is 2.68. The fourth-order valence-electron chi connectivity index (χ4n) is 0.299. The maximum absolute atomic E-state index is 10.6. The summed E-state index contributed by atoms with van der Waals surface area (Å²) in [5.74, 6) is -0.531. The molecule has 0 rings (SSSR count). The fraction of sp³-hybridized carbons (Fsp3) is 0.667. The molecule has 11 heavy (non-hydrogen) atoms. The largest absolute Gasteiger partial charge is 0.273 e. The third-order valence-electron chi connectivity index (χ3n) is 1.13. The van der Waals surface area contributed by atoms with Crippen molar-refractivity contribution in [1.82, 2.24) is 10.1 Å². The van der Waals surface area contributed by atoms with Crippen LogP contribution in [0.1, 0.15) is 13.8 Å². The molecule has 0 saturated carbocycles. The van der Waals surface area contributed by atoms with E-state index >= 15 is 0 Å². The lowest BCUT2D eigenvalue weighted by atomic mass is 10.7. The van der Waals surface area contributed by atoms with Crippen molar-refractivity contribution in [2.75, 3.05) is 14.1 Å². The lowest BCUT2D eigenvalue weighted by Crippen LogP contribution is -2.35. The average Bonchev–Trinajstić information content (AvgIpc) is 1.87. The molecular formula is C6H12N2O3. The molecule has 5 nitrogen and oxygen atoms in total. The van der Waals surface area contributed by atoms with E-state index in [1.54, 1.807) is 0 Å². The van der Waals surface area contributed by atoms with Crippen LogP contribution in [0.15, 0.2) is 0 Å². The molecule has 0 aromatic heterocycles. The van der Waals surface area contributed by atoms with E-state index in [2.05, 4.69) is 0 Å². The molecule has 0 bridgehead atoms. The molecule has 64 valence electrons. The van der Waals surface area contributed by atoms with E-state index in [0.29, 0.717) is 0 Å². The Labute approximate surface area is 65.4 Å². The van der Waals surface area contributed by atoms with Crippen LogP contribution in [0.25, 0.3) is 0 Å². The van der Waals surface area contributed by atoms with Crippen molar-refractivity contribution < 1.29 is 14.5 Å². The van der Waals surface area contributed by atoms with Gasteiger partial charge >= 0.3 is 0 Å². The van der Waals surface area contributed by atoms with E-state index in [4.69, 9.17) is 4.94 Å². The van der Waals surface area contributed by atoms with Crippen LogP contribution < -0.4 is 0 Å². The van der Waals surface area contributed by atoms with Gasteiger partial charge in [-0.2, -0.15) is 10.1 Å². The summed E-state index contributed by atoms with van der Waals surface area (Å²) in [6, 6.07) is 0. The van der Waals surface area contributed by atoms with Gasteiger partial charge in [0.1, 0.15) is 0 Å². The van der Waals surface area contributed by atoms with Crippen molar-refractivity contribution in [1.29, 1.82) is 0 Å². The van der Waals surface area contributed by atoms with Gasteiger partial charge in [0, 0.05) is 27.9 Å². The first-order valence-corrected chi connectivity index (χ1v) is 3.12. The highest BCUT2D eigenvalue weighted by Crippen LogP contribution is 1.91. The van der Waals surface area contributed by atoms with Gasteiger partial charge < -0.3 is 0 Å². The molecule has 0 saturated heterocycles. The molecule has 0 unspecified atom stereocenters. The molecule has 0 aromatic rings. The van der Waals surface area contributed by atoms with E-state index in [0.717, 1.165) is 10.1 Å². The fourth-order valence-corrected chi connectivity index (χ4v) is 0.299. The smallest absolute Gasteiger partial charge is 0.244 e. The van der Waals surface area contributed by atoms with E-state index < -0.39 is 0 Å². The molecule has 0 fully saturated rings. The molecule has 0 N–H and O–H groups in total. The van der Waals surface area contributed by atoms with Crippen molar-refractivity contribution in [2.24, 2.45) is 0 Å². The second kappa shape index (κ2) is 3.92. The number of carbonyl (C=O) groups is 2. The maximum Gasteiger partial charge on any atom is 0.244 e. The Balaban J connectivity index is 3.84. The Morgan fingerprint density at radius 2 is 1.27 bits per heavy atom. The van der Waals surface area contributed by atoms with Gasteiger partial charge in [0.15, 0.2) is 0 Å². The van der Waals surface area contributed by atoms with E-state index in [9.17, 15) is 9.59 Å². The van der Waals surface area contributed by atoms with Crippen molar-refractivity contribution in [3.63, 3.8) is 0 Å². The second-order valence-corrected chi connectivity index (χ2v) is 2.11. The van der Waals surface area contributed by atoms with E-state index in [1.165, 1.54) is 27.9 Å². The summed E-state index contributed by atoms with van der Waals surface area (Å²) in [7, 11) is 2.86. The molecule has 0 aliphatic heterocycles. The molecule has 0 spiro atoms. The molecular weight excluding hydrogens is 148 g/mol. The lowest BCUT2D eigenvalue weighted by molar-refractivity contribution is -0.277. The van der Waals surface area contributed by atoms with Crippen LogP contribution in [-0.4, -0.2) is 36.0 Å². The summed E-state index contributed by atoms with van der Waals surface area (Å²) in [5, 5.41) is 1.95. The van der Waals surface area contributed by atoms with Crippen LogP contribution in [-0.2, 0) is 14.5 Å². The molecule has 0 aliphatic carbocycles. The van der Waals surface area contributed by atoms with Gasteiger partial charge in [-0.3, -0.25) is 9.59 Å². The number of rotatable bonds is 2. The SMILES string of the molecule is CC(=O)N(C)ON(C)C(C)=O. The average molecular weight is 160 g/mol. The van der Waals surface area contributed by atoms with Gasteiger partial charge in [-0.15, -0.1) is 4.94 Å². The molecule has 0 radical (unpaired) electrons. The van der Waals surface area contributed by atoms with Crippen LogP contribution in [0, 0.1) is 0 Å². The zero-order valence-electron chi connectivity index (χ0n) is 7.12. The van der Waals surface area contributed by atoms with Gasteiger partial charge in [-0.1, -0.05) is 0 Å². The zero-order chi connectivity index (χ0) is 9.02. The third kappa shape index (κ3) is 3.57. The topological polar surface area (TPSA) is 49.9 Å². The monoisotopic (exact) mass is 160 g/mol. The summed E-state index contributed by atoms with van der Waals surface area (Å²) in [4.78, 5) is 25.9. The Morgan fingerprint density at radius 3 is 1.45 bits per heavy atom. The van der Waals surface area contributed by atoms with Crippen LogP contribution in [0.4, 0.5) is 0 Å². The Bertz CT molecular complexity index is 151. The van der Waals surface area contributed by atoms with Crippen molar-refractivity contribution in [3.05, 3.63) is 0 Å². The molecule has 0 heterocycles. The van der Waals surface area contributed by atoms with E-state index in [1.807, 2.05) is 0 Å². The predicted octanol–water partition coefficient (Wildman–Crippen LogP) is -0.210. The number of hydrogen-bond donors (Lipinski definition) is 0. The van der Waals surface area contributed by atoms with Crippen LogP contribution in [0.5, 0.6) is 0 Å². The van der Waals surface area contributed by atoms with Gasteiger partial charge in [-0.05, 0) is 0 Å². The first-order valence-electron chi connectivity index (χ1n) is 3.12. The van der Waals surface area contributed by atoms with Crippen molar-refractivity contribution >= 4 is 11.8 Å². The normalized spacial score (nSPS) is 9.09. The van der Waals surface area contributed by atoms with Crippen LogP contribution in [0.2, 0.25) is 0 Å². The summed E-state index contributed by atoms with van der Waals surface area (Å²) >= 11 is 0. The first kappa shape index (κ1) is 9.90. The number of amides is 2. The van der Waals surface area contributed by atoms with Gasteiger partial charge in [0.25, 0.3) is 0 Å². The molecule has 0 aromatic carbocycles. The molecule has 0 aliphatic rings. The second-order valence-electron chi connectivity index (χ2n) is 2.11. The van der Waals surface area contributed by atoms with Gasteiger partial charge in [0.05, 0.1) is 0 Å². The standard InChI is InChI=1S/C6H12N2O3/c1-5(9)7(3)11-8(4)6(2)10/h1-4H3. The van der Waals surface area contributed by atoms with Crippen LogP contribution >= 0.6 is 0 Å². The Morgan fingerprint density at radius 1 is 1.00 bits per heavy atom. The predicted molar refractivity (Wildman–Crippen MR) is 38.0 cm³/mol. The zero-order valence-corrected chi connectivity index (χ0v) is 7.12. The lowest BCUT2D eigenvalue weighted by Gasteiger charge is -2.20. The summed E-state index contributed by atoms with van der Waals surface area (Å²) < 4.78 is 0. The van der Waals surface area contributed by atoms with Crippen molar-refractivity contribution in [3.8, 4) is 0 Å². The first-order chi connectivity index (χ1) is 4.95. The Hall–Kier alpha value is -1.10. The van der Waals surface area contributed by atoms with Gasteiger partial charge in [-0.25, -0.2) is 0 Å². The number of nitrogens with zero attached hydrogens (tertiary/aromatic N) is 2. The van der Waals surface area contributed by atoms with Crippen LogP contribution in [0.3, 0.4) is 0 Å². The highest BCUT2D eigenvalue weighted by Gasteiger charge is 2.08. The molecule has 0 atom stereocenters. The third-order valence-corrected chi connectivity index (χ3v) is 1.13. The summed E-state index contributed by atoms with van der Waals surface area (Å²) in [6.07, 6.45) is 0.